The highest BCUT2D eigenvalue weighted by molar-refractivity contribution is 6.46. The molecule has 0 aromatic heterocycles. The van der Waals surface area contributed by atoms with E-state index in [0.29, 0.717) is 30.3 Å². The molecule has 1 unspecified atom stereocenters. The minimum atomic E-state index is -0.872. The Bertz CT molecular complexity index is 1070. The number of Topliss-reactive ketones (excluding diaryl/α,β-unsaturated/α-hetero) is 1. The second kappa shape index (κ2) is 12.4. The Labute approximate surface area is 205 Å². The van der Waals surface area contributed by atoms with Gasteiger partial charge in [0.05, 0.1) is 31.4 Å². The molecule has 8 heteroatoms. The maximum Gasteiger partial charge on any atom is 0.295 e. The third-order valence-corrected chi connectivity index (χ3v) is 5.78. The van der Waals surface area contributed by atoms with Gasteiger partial charge in [0.1, 0.15) is 11.6 Å². The number of methoxy groups -OCH3 is 1. The van der Waals surface area contributed by atoms with E-state index in [2.05, 4.69) is 6.92 Å². The summed E-state index contributed by atoms with van der Waals surface area (Å²) in [4.78, 5) is 27.3. The minimum absolute atomic E-state index is 0.0724. The van der Waals surface area contributed by atoms with Gasteiger partial charge in [0, 0.05) is 19.2 Å². The second-order valence-electron chi connectivity index (χ2n) is 8.19. The molecule has 35 heavy (non-hydrogen) atoms. The van der Waals surface area contributed by atoms with Crippen molar-refractivity contribution in [3.63, 3.8) is 0 Å². The largest absolute Gasteiger partial charge is 0.507 e. The van der Waals surface area contributed by atoms with E-state index in [1.807, 2.05) is 6.92 Å². The molecule has 0 aliphatic carbocycles. The molecule has 188 valence electrons. The van der Waals surface area contributed by atoms with Gasteiger partial charge >= 0.3 is 0 Å². The van der Waals surface area contributed by atoms with Crippen LogP contribution in [0.4, 0.5) is 4.39 Å². The Balaban J connectivity index is 2.07. The van der Waals surface area contributed by atoms with Crippen LogP contribution in [0.1, 0.15) is 50.3 Å². The molecule has 1 N–H and O–H groups in total. The number of aliphatic hydroxyl groups is 1. The number of hydrogen-bond acceptors (Lipinski definition) is 6. The normalized spacial score (nSPS) is 17.1. The summed E-state index contributed by atoms with van der Waals surface area (Å²) in [5.74, 6) is -1.35. The van der Waals surface area contributed by atoms with Gasteiger partial charge in [-0.3, -0.25) is 9.59 Å². The van der Waals surface area contributed by atoms with Crippen LogP contribution in [0.5, 0.6) is 11.5 Å². The summed E-state index contributed by atoms with van der Waals surface area (Å²) in [5, 5.41) is 11.0. The standard InChI is InChI=1S/C27H32FNO6/c1-4-6-7-15-35-21-13-10-19(17-22(21)34-5-2)24-23(25(30)18-8-11-20(28)12-9-18)26(31)27(32)29(24)14-16-33-3/h8-13,17,24,30H,4-7,14-16H2,1-3H3/b25-23+. The number of carbonyl (C=O) groups excluding carboxylic acids is 2. The van der Waals surface area contributed by atoms with Crippen LogP contribution in [-0.2, 0) is 14.3 Å². The van der Waals surface area contributed by atoms with Crippen LogP contribution in [0.3, 0.4) is 0 Å². The number of likely N-dealkylation sites (tertiary alicyclic amines) is 1. The third-order valence-electron chi connectivity index (χ3n) is 5.78. The van der Waals surface area contributed by atoms with Crippen molar-refractivity contribution in [1.82, 2.24) is 4.90 Å². The van der Waals surface area contributed by atoms with Crippen LogP contribution in [-0.4, -0.2) is 55.2 Å². The number of hydrogen-bond donors (Lipinski definition) is 1. The number of ether oxygens (including phenoxy) is 3. The maximum atomic E-state index is 13.4. The molecular weight excluding hydrogens is 453 g/mol. The first kappa shape index (κ1) is 26.2. The van der Waals surface area contributed by atoms with Crippen LogP contribution in [0, 0.1) is 5.82 Å². The van der Waals surface area contributed by atoms with Crippen molar-refractivity contribution < 1.29 is 33.3 Å². The first-order valence-corrected chi connectivity index (χ1v) is 11.9. The van der Waals surface area contributed by atoms with Gasteiger partial charge in [-0.1, -0.05) is 25.8 Å². The molecule has 7 nitrogen and oxygen atoms in total. The fourth-order valence-corrected chi connectivity index (χ4v) is 4.03. The van der Waals surface area contributed by atoms with Crippen molar-refractivity contribution in [2.75, 3.05) is 33.5 Å². The fourth-order valence-electron chi connectivity index (χ4n) is 4.03. The number of nitrogens with zero attached hydrogens (tertiary/aromatic N) is 1. The summed E-state index contributed by atoms with van der Waals surface area (Å²) in [5.41, 5.74) is 0.743. The van der Waals surface area contributed by atoms with Gasteiger partial charge in [-0.25, -0.2) is 4.39 Å². The number of unbranched alkanes of at least 4 members (excludes halogenated alkanes) is 2. The van der Waals surface area contributed by atoms with Crippen molar-refractivity contribution in [2.24, 2.45) is 0 Å². The number of benzene rings is 2. The summed E-state index contributed by atoms with van der Waals surface area (Å²) >= 11 is 0. The average Bonchev–Trinajstić information content (AvgIpc) is 3.11. The lowest BCUT2D eigenvalue weighted by atomic mass is 9.95. The molecule has 1 fully saturated rings. The number of rotatable bonds is 12. The van der Waals surface area contributed by atoms with E-state index in [1.54, 1.807) is 18.2 Å². The Hall–Kier alpha value is -3.39. The van der Waals surface area contributed by atoms with Crippen molar-refractivity contribution in [3.05, 3.63) is 65.0 Å². The monoisotopic (exact) mass is 485 g/mol. The molecule has 2 aromatic carbocycles. The fraction of sp³-hybridized carbons (Fsp3) is 0.407. The molecule has 0 bridgehead atoms. The van der Waals surface area contributed by atoms with Crippen LogP contribution in [0.25, 0.3) is 5.76 Å². The summed E-state index contributed by atoms with van der Waals surface area (Å²) in [7, 11) is 1.50. The van der Waals surface area contributed by atoms with E-state index in [4.69, 9.17) is 14.2 Å². The lowest BCUT2D eigenvalue weighted by Gasteiger charge is -2.26. The van der Waals surface area contributed by atoms with Crippen LogP contribution < -0.4 is 9.47 Å². The second-order valence-corrected chi connectivity index (χ2v) is 8.19. The maximum absolute atomic E-state index is 13.4. The summed E-state index contributed by atoms with van der Waals surface area (Å²) in [6.45, 7) is 5.26. The smallest absolute Gasteiger partial charge is 0.295 e. The van der Waals surface area contributed by atoms with E-state index in [-0.39, 0.29) is 30.0 Å². The van der Waals surface area contributed by atoms with Gasteiger partial charge in [0.25, 0.3) is 11.7 Å². The molecule has 3 rings (SSSR count). The first-order valence-electron chi connectivity index (χ1n) is 11.9. The predicted octanol–water partition coefficient (Wildman–Crippen LogP) is 4.86. The van der Waals surface area contributed by atoms with Crippen molar-refractivity contribution in [1.29, 1.82) is 0 Å². The summed E-state index contributed by atoms with van der Waals surface area (Å²) in [6, 6.07) is 9.46. The van der Waals surface area contributed by atoms with Gasteiger partial charge in [-0.2, -0.15) is 0 Å². The Morgan fingerprint density at radius 1 is 1.00 bits per heavy atom. The van der Waals surface area contributed by atoms with Gasteiger partial charge in [-0.15, -0.1) is 0 Å². The van der Waals surface area contributed by atoms with Crippen molar-refractivity contribution in [3.8, 4) is 11.5 Å². The van der Waals surface area contributed by atoms with Crippen LogP contribution in [0.2, 0.25) is 0 Å². The van der Waals surface area contributed by atoms with E-state index >= 15 is 0 Å². The summed E-state index contributed by atoms with van der Waals surface area (Å²) in [6.07, 6.45) is 3.05. The van der Waals surface area contributed by atoms with E-state index in [0.717, 1.165) is 19.3 Å². The van der Waals surface area contributed by atoms with E-state index < -0.39 is 23.5 Å². The van der Waals surface area contributed by atoms with Gasteiger partial charge in [0.15, 0.2) is 11.5 Å². The molecule has 1 amide bonds. The van der Waals surface area contributed by atoms with Crippen molar-refractivity contribution in [2.45, 2.75) is 39.2 Å². The highest BCUT2D eigenvalue weighted by atomic mass is 19.1. The Morgan fingerprint density at radius 3 is 2.40 bits per heavy atom. The molecule has 0 saturated carbocycles. The topological polar surface area (TPSA) is 85.3 Å². The zero-order valence-corrected chi connectivity index (χ0v) is 20.4. The molecular formula is C27H32FNO6. The molecule has 0 radical (unpaired) electrons. The molecule has 1 aliphatic rings. The first-order chi connectivity index (χ1) is 16.9. The van der Waals surface area contributed by atoms with Crippen molar-refractivity contribution >= 4 is 17.4 Å². The quantitative estimate of drug-likeness (QED) is 0.200. The number of carbonyl (C=O) groups is 2. The zero-order chi connectivity index (χ0) is 25.4. The lowest BCUT2D eigenvalue weighted by Crippen LogP contribution is -2.32. The molecule has 1 saturated heterocycles. The number of halogens is 1. The molecule has 1 atom stereocenters. The molecule has 1 heterocycles. The molecule has 0 spiro atoms. The predicted molar refractivity (Wildman–Crippen MR) is 130 cm³/mol. The van der Waals surface area contributed by atoms with Gasteiger partial charge < -0.3 is 24.2 Å². The number of aliphatic hydroxyl groups excluding tert-OH is 1. The van der Waals surface area contributed by atoms with Gasteiger partial charge in [-0.05, 0) is 55.3 Å². The number of ketones is 1. The number of amides is 1. The van der Waals surface area contributed by atoms with E-state index in [9.17, 15) is 19.1 Å². The summed E-state index contributed by atoms with van der Waals surface area (Å²) < 4.78 is 30.3. The SMILES string of the molecule is CCCCCOc1ccc(C2/C(=C(\O)c3ccc(F)cc3)C(=O)C(=O)N2CCOC)cc1OCC. The lowest BCUT2D eigenvalue weighted by molar-refractivity contribution is -0.140. The minimum Gasteiger partial charge on any atom is -0.507 e. The Morgan fingerprint density at radius 2 is 1.74 bits per heavy atom. The Kier molecular flexibility index (Phi) is 9.25. The highest BCUT2D eigenvalue weighted by Crippen LogP contribution is 2.42. The molecule has 2 aromatic rings. The van der Waals surface area contributed by atoms with Crippen LogP contribution in [0.15, 0.2) is 48.0 Å². The van der Waals surface area contributed by atoms with Crippen LogP contribution >= 0.6 is 0 Å². The zero-order valence-electron chi connectivity index (χ0n) is 20.4. The molecule has 1 aliphatic heterocycles. The third kappa shape index (κ3) is 6.00. The van der Waals surface area contributed by atoms with Gasteiger partial charge in [0.2, 0.25) is 0 Å². The van der Waals surface area contributed by atoms with E-state index in [1.165, 1.54) is 36.3 Å². The average molecular weight is 486 g/mol. The highest BCUT2D eigenvalue weighted by Gasteiger charge is 2.46.